The van der Waals surface area contributed by atoms with Crippen LogP contribution in [0.4, 0.5) is 11.4 Å². The van der Waals surface area contributed by atoms with Crippen LogP contribution in [0.3, 0.4) is 0 Å². The van der Waals surface area contributed by atoms with Crippen molar-refractivity contribution in [3.05, 3.63) is 123 Å². The van der Waals surface area contributed by atoms with E-state index in [-0.39, 0.29) is 22.4 Å². The molecule has 3 aromatic carbocycles. The van der Waals surface area contributed by atoms with Gasteiger partial charge in [-0.15, -0.1) is 0 Å². The number of non-ortho nitro benzene ring substituents is 1. The molecule has 0 saturated carbocycles. The Morgan fingerprint density at radius 1 is 0.912 bits per heavy atom. The van der Waals surface area contributed by atoms with Gasteiger partial charge in [-0.25, -0.2) is 0 Å². The number of furan rings is 1. The molecule has 0 aliphatic heterocycles. The van der Waals surface area contributed by atoms with Crippen LogP contribution in [-0.4, -0.2) is 16.6 Å². The summed E-state index contributed by atoms with van der Waals surface area (Å²) in [6.45, 7) is 0. The van der Waals surface area contributed by atoms with Gasteiger partial charge in [0.15, 0.2) is 5.78 Å². The number of anilines is 1. The number of ketones is 1. The minimum absolute atomic E-state index is 0.117. The zero-order chi connectivity index (χ0) is 24.1. The Morgan fingerprint density at radius 3 is 2.41 bits per heavy atom. The molecule has 0 unspecified atom stereocenters. The number of halogens is 1. The molecule has 34 heavy (non-hydrogen) atoms. The highest BCUT2D eigenvalue weighted by Gasteiger charge is 2.13. The lowest BCUT2D eigenvalue weighted by molar-refractivity contribution is -0.384. The molecule has 4 rings (SSSR count). The van der Waals surface area contributed by atoms with Crippen molar-refractivity contribution in [2.45, 2.75) is 0 Å². The molecule has 0 aliphatic rings. The average molecular weight is 473 g/mol. The van der Waals surface area contributed by atoms with Gasteiger partial charge in [-0.05, 0) is 54.6 Å². The number of nitro groups is 1. The molecule has 0 aliphatic carbocycles. The summed E-state index contributed by atoms with van der Waals surface area (Å²) in [6.07, 6.45) is 2.87. The number of allylic oxidation sites excluding steroid dienone is 1. The number of nitrogens with zero attached hydrogens (tertiary/aromatic N) is 1. The molecular formula is C26H17ClN2O5. The number of benzene rings is 3. The normalized spacial score (nSPS) is 10.9. The second kappa shape index (κ2) is 9.97. The number of carbonyl (C=O) groups excluding carboxylic acids is 2. The molecular weight excluding hydrogens is 456 g/mol. The van der Waals surface area contributed by atoms with Crippen molar-refractivity contribution in [1.29, 1.82) is 0 Å². The third-order valence-electron chi connectivity index (χ3n) is 4.90. The van der Waals surface area contributed by atoms with Gasteiger partial charge in [-0.1, -0.05) is 41.9 Å². The molecule has 0 saturated heterocycles. The lowest BCUT2D eigenvalue weighted by Gasteiger charge is -2.06. The standard InChI is InChI=1S/C26H17ClN2O5/c27-23-16-20(29(32)33)9-12-22(23)25-14-11-21(34-25)10-13-24(30)18-7-4-8-19(15-18)28-26(31)17-5-2-1-3-6-17/h1-16H,(H,28,31)/b13-10+. The highest BCUT2D eigenvalue weighted by molar-refractivity contribution is 6.33. The fraction of sp³-hybridized carbons (Fsp3) is 0. The van der Waals surface area contributed by atoms with Crippen LogP contribution >= 0.6 is 11.6 Å². The van der Waals surface area contributed by atoms with Crippen molar-refractivity contribution >= 4 is 40.7 Å². The van der Waals surface area contributed by atoms with Crippen LogP contribution < -0.4 is 5.32 Å². The number of amides is 1. The Balaban J connectivity index is 1.46. The number of rotatable bonds is 7. The number of nitrogens with one attached hydrogen (secondary N) is 1. The van der Waals surface area contributed by atoms with Gasteiger partial charge in [-0.2, -0.15) is 0 Å². The minimum Gasteiger partial charge on any atom is -0.457 e. The average Bonchev–Trinajstić information content (AvgIpc) is 3.32. The van der Waals surface area contributed by atoms with Crippen molar-refractivity contribution in [2.75, 3.05) is 5.32 Å². The van der Waals surface area contributed by atoms with Crippen molar-refractivity contribution < 1.29 is 18.9 Å². The van der Waals surface area contributed by atoms with E-state index in [1.54, 1.807) is 60.7 Å². The topological polar surface area (TPSA) is 102 Å². The Bertz CT molecular complexity index is 1410. The van der Waals surface area contributed by atoms with Crippen LogP contribution in [0.1, 0.15) is 26.5 Å². The van der Waals surface area contributed by atoms with Crippen LogP contribution in [0.5, 0.6) is 0 Å². The van der Waals surface area contributed by atoms with E-state index in [9.17, 15) is 19.7 Å². The van der Waals surface area contributed by atoms with E-state index in [0.717, 1.165) is 0 Å². The third-order valence-corrected chi connectivity index (χ3v) is 5.21. The molecule has 0 atom stereocenters. The maximum Gasteiger partial charge on any atom is 0.270 e. The van der Waals surface area contributed by atoms with Gasteiger partial charge in [0.1, 0.15) is 11.5 Å². The van der Waals surface area contributed by atoms with E-state index in [0.29, 0.717) is 33.9 Å². The third kappa shape index (κ3) is 5.28. The summed E-state index contributed by atoms with van der Waals surface area (Å²) in [5, 5.41) is 13.8. The van der Waals surface area contributed by atoms with Crippen LogP contribution in [-0.2, 0) is 0 Å². The summed E-state index contributed by atoms with van der Waals surface area (Å²) in [5.41, 5.74) is 1.79. The molecule has 4 aromatic rings. The molecule has 0 spiro atoms. The summed E-state index contributed by atoms with van der Waals surface area (Å²) in [4.78, 5) is 35.3. The van der Waals surface area contributed by atoms with E-state index in [2.05, 4.69) is 5.32 Å². The number of nitro benzene ring substituents is 1. The van der Waals surface area contributed by atoms with Gasteiger partial charge in [0.2, 0.25) is 0 Å². The van der Waals surface area contributed by atoms with Crippen molar-refractivity contribution in [2.24, 2.45) is 0 Å². The number of hydrogen-bond donors (Lipinski definition) is 1. The van der Waals surface area contributed by atoms with E-state index < -0.39 is 4.92 Å². The van der Waals surface area contributed by atoms with E-state index in [4.69, 9.17) is 16.0 Å². The molecule has 1 amide bonds. The first-order valence-electron chi connectivity index (χ1n) is 10.1. The van der Waals surface area contributed by atoms with Crippen LogP contribution in [0.25, 0.3) is 17.4 Å². The SMILES string of the molecule is O=C(/C=C/c1ccc(-c2ccc([N+](=O)[O-])cc2Cl)o1)c1cccc(NC(=O)c2ccccc2)c1. The maximum atomic E-state index is 12.6. The van der Waals surface area contributed by atoms with Crippen LogP contribution in [0, 0.1) is 10.1 Å². The molecule has 8 heteroatoms. The van der Waals surface area contributed by atoms with Gasteiger partial charge >= 0.3 is 0 Å². The summed E-state index contributed by atoms with van der Waals surface area (Å²) >= 11 is 6.15. The molecule has 1 aromatic heterocycles. The Kier molecular flexibility index (Phi) is 6.66. The van der Waals surface area contributed by atoms with E-state index in [1.807, 2.05) is 6.07 Å². The highest BCUT2D eigenvalue weighted by atomic mass is 35.5. The van der Waals surface area contributed by atoms with Crippen molar-refractivity contribution in [3.63, 3.8) is 0 Å². The largest absolute Gasteiger partial charge is 0.457 e. The quantitative estimate of drug-likeness (QED) is 0.140. The van der Waals surface area contributed by atoms with Gasteiger partial charge in [-0.3, -0.25) is 19.7 Å². The fourth-order valence-electron chi connectivity index (χ4n) is 3.20. The Morgan fingerprint density at radius 2 is 1.68 bits per heavy atom. The summed E-state index contributed by atoms with van der Waals surface area (Å²) in [5.74, 6) is 0.278. The lowest BCUT2D eigenvalue weighted by Crippen LogP contribution is -2.12. The predicted octanol–water partition coefficient (Wildman–Crippen LogP) is 6.66. The molecule has 1 N–H and O–H groups in total. The monoisotopic (exact) mass is 472 g/mol. The smallest absolute Gasteiger partial charge is 0.270 e. The zero-order valence-corrected chi connectivity index (χ0v) is 18.4. The Hall–Kier alpha value is -4.49. The first-order valence-corrected chi connectivity index (χ1v) is 10.5. The van der Waals surface area contributed by atoms with Gasteiger partial charge in [0.25, 0.3) is 11.6 Å². The van der Waals surface area contributed by atoms with Crippen molar-refractivity contribution in [1.82, 2.24) is 0 Å². The van der Waals surface area contributed by atoms with E-state index >= 15 is 0 Å². The fourth-order valence-corrected chi connectivity index (χ4v) is 3.47. The first-order chi connectivity index (χ1) is 16.4. The first kappa shape index (κ1) is 22.7. The summed E-state index contributed by atoms with van der Waals surface area (Å²) in [7, 11) is 0. The lowest BCUT2D eigenvalue weighted by atomic mass is 10.1. The second-order valence-corrected chi connectivity index (χ2v) is 7.63. The van der Waals surface area contributed by atoms with Crippen LogP contribution in [0.15, 0.2) is 95.4 Å². The van der Waals surface area contributed by atoms with Gasteiger partial charge in [0, 0.05) is 34.5 Å². The molecule has 0 fully saturated rings. The molecule has 0 bridgehead atoms. The van der Waals surface area contributed by atoms with Gasteiger partial charge in [0.05, 0.1) is 9.95 Å². The minimum atomic E-state index is -0.528. The summed E-state index contributed by atoms with van der Waals surface area (Å²) in [6, 6.07) is 22.8. The van der Waals surface area contributed by atoms with Gasteiger partial charge < -0.3 is 9.73 Å². The van der Waals surface area contributed by atoms with Crippen LogP contribution in [0.2, 0.25) is 5.02 Å². The number of hydrogen-bond acceptors (Lipinski definition) is 5. The second-order valence-electron chi connectivity index (χ2n) is 7.22. The summed E-state index contributed by atoms with van der Waals surface area (Å²) < 4.78 is 5.71. The zero-order valence-electron chi connectivity index (χ0n) is 17.6. The molecule has 1 heterocycles. The number of carbonyl (C=O) groups is 2. The van der Waals surface area contributed by atoms with Crippen molar-refractivity contribution in [3.8, 4) is 11.3 Å². The highest BCUT2D eigenvalue weighted by Crippen LogP contribution is 2.32. The molecule has 7 nitrogen and oxygen atoms in total. The predicted molar refractivity (Wildman–Crippen MR) is 130 cm³/mol. The maximum absolute atomic E-state index is 12.6. The van der Waals surface area contributed by atoms with E-state index in [1.165, 1.54) is 30.4 Å². The molecule has 168 valence electrons. The molecule has 0 radical (unpaired) electrons. The Labute approximate surface area is 199 Å².